The van der Waals surface area contributed by atoms with Crippen LogP contribution in [0.25, 0.3) is 22.3 Å². The lowest BCUT2D eigenvalue weighted by atomic mass is 9.98. The van der Waals surface area contributed by atoms with Gasteiger partial charge in [0.2, 0.25) is 5.88 Å². The molecule has 0 saturated carbocycles. The van der Waals surface area contributed by atoms with Crippen LogP contribution in [-0.4, -0.2) is 54.2 Å². The minimum absolute atomic E-state index is 0. The summed E-state index contributed by atoms with van der Waals surface area (Å²) in [6, 6.07) is 17.3. The Morgan fingerprint density at radius 2 is 1.84 bits per heavy atom. The van der Waals surface area contributed by atoms with E-state index in [2.05, 4.69) is 15.6 Å². The number of benzene rings is 3. The molecule has 1 unspecified atom stereocenters. The van der Waals surface area contributed by atoms with Crippen LogP contribution in [-0.2, 0) is 46.8 Å². The number of hydrogen-bond donors (Lipinski definition) is 0. The van der Waals surface area contributed by atoms with Crippen LogP contribution >= 0.6 is 0 Å². The molecule has 4 bridgehead atoms. The fourth-order valence-corrected chi connectivity index (χ4v) is 6.31. The van der Waals surface area contributed by atoms with Crippen molar-refractivity contribution in [2.45, 2.75) is 65.9 Å². The van der Waals surface area contributed by atoms with Gasteiger partial charge in [-0.05, 0) is 84.5 Å². The van der Waals surface area contributed by atoms with Crippen molar-refractivity contribution in [3.05, 3.63) is 105 Å². The molecule has 1 fully saturated rings. The quantitative estimate of drug-likeness (QED) is 0.151. The van der Waals surface area contributed by atoms with E-state index in [1.165, 1.54) is 12.1 Å². The number of fused-ring (bicyclic) bond motifs is 7. The average Bonchev–Trinajstić information content (AvgIpc) is 3.45. The van der Waals surface area contributed by atoms with E-state index in [9.17, 15) is 5.26 Å². The zero-order valence-corrected chi connectivity index (χ0v) is 29.4. The summed E-state index contributed by atoms with van der Waals surface area (Å²) in [5, 5.41) is 9.45. The van der Waals surface area contributed by atoms with E-state index in [1.807, 2.05) is 32.9 Å². The summed E-state index contributed by atoms with van der Waals surface area (Å²) in [5.74, 6) is 0.667. The number of hydrogen-bond acceptors (Lipinski definition) is 8. The molecule has 2 aromatic heterocycles. The number of pyridine rings is 1. The molecule has 2 aliphatic heterocycles. The lowest BCUT2D eigenvalue weighted by Crippen LogP contribution is -2.31. The van der Waals surface area contributed by atoms with Crippen LogP contribution < -0.4 is 9.47 Å². The van der Waals surface area contributed by atoms with Gasteiger partial charge in [0.15, 0.2) is 0 Å². The molecule has 11 heteroatoms. The molecule has 3 aromatic carbocycles. The van der Waals surface area contributed by atoms with Crippen molar-refractivity contribution in [1.29, 1.82) is 5.26 Å². The second kappa shape index (κ2) is 16.4. The van der Waals surface area contributed by atoms with Crippen molar-refractivity contribution in [3.63, 3.8) is 0 Å². The molecule has 1 atom stereocenters. The summed E-state index contributed by atoms with van der Waals surface area (Å²) in [6.07, 6.45) is 1.68. The van der Waals surface area contributed by atoms with Crippen molar-refractivity contribution < 1.29 is 33.9 Å². The van der Waals surface area contributed by atoms with E-state index in [0.717, 1.165) is 41.0 Å². The maximum atomic E-state index is 16.0. The molecule has 0 spiro atoms. The minimum Gasteiger partial charge on any atom is -0.489 e. The van der Waals surface area contributed by atoms with Crippen LogP contribution in [0.4, 0.5) is 8.78 Å². The topological polar surface area (TPSA) is 101 Å². The Balaban J connectivity index is 0.00000171. The van der Waals surface area contributed by atoms with Crippen molar-refractivity contribution in [2.24, 2.45) is 0 Å². The second-order valence-corrected chi connectivity index (χ2v) is 12.3. The summed E-state index contributed by atoms with van der Waals surface area (Å²) >= 11 is 0. The van der Waals surface area contributed by atoms with Gasteiger partial charge >= 0.3 is 0 Å². The fourth-order valence-electron chi connectivity index (χ4n) is 6.31. The van der Waals surface area contributed by atoms with Gasteiger partial charge in [0.05, 0.1) is 55.3 Å². The zero-order chi connectivity index (χ0) is 35.9. The number of aryl methyl sites for hydroxylation is 1. The number of imidazole rings is 1. The molecular weight excluding hydrogens is 654 g/mol. The average molecular weight is 699 g/mol. The largest absolute Gasteiger partial charge is 0.489 e. The highest BCUT2D eigenvalue weighted by atomic mass is 19.1. The van der Waals surface area contributed by atoms with Crippen LogP contribution in [0.3, 0.4) is 0 Å². The molecule has 1 saturated heterocycles. The van der Waals surface area contributed by atoms with Crippen molar-refractivity contribution in [1.82, 2.24) is 14.5 Å². The highest BCUT2D eigenvalue weighted by molar-refractivity contribution is 5.83. The van der Waals surface area contributed by atoms with Crippen molar-refractivity contribution >= 4 is 11.0 Å². The van der Waals surface area contributed by atoms with E-state index in [1.54, 1.807) is 37.4 Å². The monoisotopic (exact) mass is 698 g/mol. The first-order valence-corrected chi connectivity index (χ1v) is 17.3. The Morgan fingerprint density at radius 3 is 2.61 bits per heavy atom. The van der Waals surface area contributed by atoms with E-state index in [-0.39, 0.29) is 38.8 Å². The van der Waals surface area contributed by atoms with Crippen LogP contribution in [0.5, 0.6) is 11.6 Å². The van der Waals surface area contributed by atoms with Gasteiger partial charge < -0.3 is 28.3 Å². The highest BCUT2D eigenvalue weighted by Crippen LogP contribution is 2.33. The molecule has 4 heterocycles. The standard InChI is InChI=1S/C38H36F2N4O5.C2H6.H2/c1-23-12-34-38(35(13-23)48-11-10-45-2)43-36(44(34)20-28-7-9-47-28)18-26-17-32(40)29-16-27(26)21-46-8-6-25-14-24(19-41)15-31(39)30(25)22-49-37-5-3-4-33(29)42-37;1-2;/h3-5,12-17,28H,6-11,18,20-22H2,1-2H3;1-2H3;1H. The Bertz CT molecular complexity index is 2060. The molecule has 9 nitrogen and oxygen atoms in total. The Morgan fingerprint density at radius 1 is 1.00 bits per heavy atom. The van der Waals surface area contributed by atoms with Crippen LogP contribution in [0.1, 0.15) is 60.9 Å². The van der Waals surface area contributed by atoms with Gasteiger partial charge in [0.25, 0.3) is 0 Å². The third-order valence-corrected chi connectivity index (χ3v) is 8.96. The Hall–Kier alpha value is -4.89. The first-order chi connectivity index (χ1) is 24.9. The van der Waals surface area contributed by atoms with E-state index in [0.29, 0.717) is 66.3 Å². The molecule has 5 aromatic rings. The number of nitriles is 1. The zero-order valence-electron chi connectivity index (χ0n) is 29.4. The summed E-state index contributed by atoms with van der Waals surface area (Å²) in [7, 11) is 1.63. The molecule has 7 rings (SSSR count). The van der Waals surface area contributed by atoms with Crippen LogP contribution in [0.15, 0.2) is 54.6 Å². The predicted molar refractivity (Wildman–Crippen MR) is 191 cm³/mol. The van der Waals surface area contributed by atoms with Crippen molar-refractivity contribution in [2.75, 3.05) is 33.5 Å². The summed E-state index contributed by atoms with van der Waals surface area (Å²) in [6.45, 7) is 8.49. The van der Waals surface area contributed by atoms with Gasteiger partial charge in [-0.1, -0.05) is 19.9 Å². The van der Waals surface area contributed by atoms with E-state index >= 15 is 8.78 Å². The molecule has 268 valence electrons. The highest BCUT2D eigenvalue weighted by Gasteiger charge is 2.25. The lowest BCUT2D eigenvalue weighted by Gasteiger charge is -2.27. The van der Waals surface area contributed by atoms with Gasteiger partial charge in [0.1, 0.15) is 41.9 Å². The summed E-state index contributed by atoms with van der Waals surface area (Å²) in [5.41, 5.74) is 6.01. The fraction of sp³-hybridized carbons (Fsp3) is 0.375. The third-order valence-electron chi connectivity index (χ3n) is 8.96. The van der Waals surface area contributed by atoms with Gasteiger partial charge in [-0.2, -0.15) is 5.26 Å². The number of methoxy groups -OCH3 is 1. The van der Waals surface area contributed by atoms with Gasteiger partial charge in [-0.3, -0.25) is 0 Å². The second-order valence-electron chi connectivity index (χ2n) is 12.3. The van der Waals surface area contributed by atoms with Gasteiger partial charge in [-0.15, -0.1) is 0 Å². The molecule has 51 heavy (non-hydrogen) atoms. The van der Waals surface area contributed by atoms with Gasteiger partial charge in [-0.25, -0.2) is 18.7 Å². The maximum Gasteiger partial charge on any atom is 0.214 e. The predicted octanol–water partition coefficient (Wildman–Crippen LogP) is 7.89. The van der Waals surface area contributed by atoms with Gasteiger partial charge in [0, 0.05) is 38.8 Å². The van der Waals surface area contributed by atoms with E-state index in [4.69, 9.17) is 28.7 Å². The Labute approximate surface area is 298 Å². The number of ether oxygens (including phenoxy) is 5. The minimum atomic E-state index is -0.534. The van der Waals surface area contributed by atoms with Crippen molar-refractivity contribution in [3.8, 4) is 29.0 Å². The number of aromatic nitrogens is 3. The third kappa shape index (κ3) is 8.04. The summed E-state index contributed by atoms with van der Waals surface area (Å²) in [4.78, 5) is 9.62. The van der Waals surface area contributed by atoms with Crippen LogP contribution in [0.2, 0.25) is 0 Å². The molecule has 0 amide bonds. The first-order valence-electron chi connectivity index (χ1n) is 17.3. The molecule has 0 N–H and O–H groups in total. The number of halogens is 2. The SMILES string of the molecule is CC.COCCOc1cc(C)cc2c1nc(Cc1cc(F)c3cc1COCCc1cc(C#N)cc(F)c1COc1cccc-3n1)n2CC1CCO1.[HH]. The van der Waals surface area contributed by atoms with Crippen LogP contribution in [0, 0.1) is 29.9 Å². The normalized spacial score (nSPS) is 15.4. The first kappa shape index (κ1) is 35.9. The maximum absolute atomic E-state index is 16.0. The molecular formula is C40H44F2N4O5. The number of rotatable bonds is 8. The Kier molecular flexibility index (Phi) is 11.6. The molecule has 0 radical (unpaired) electrons. The lowest BCUT2D eigenvalue weighted by molar-refractivity contribution is -0.0589. The smallest absolute Gasteiger partial charge is 0.214 e. The summed E-state index contributed by atoms with van der Waals surface area (Å²) < 4.78 is 62.5. The van der Waals surface area contributed by atoms with E-state index < -0.39 is 11.6 Å². The number of nitrogens with zero attached hydrogens (tertiary/aromatic N) is 4. The molecule has 0 aliphatic carbocycles. The molecule has 2 aliphatic rings.